The molecule has 2 aromatic rings. The second kappa shape index (κ2) is 6.10. The lowest BCUT2D eigenvalue weighted by atomic mass is 10.3. The van der Waals surface area contributed by atoms with Gasteiger partial charge in [-0.2, -0.15) is 0 Å². The van der Waals surface area contributed by atoms with Gasteiger partial charge >= 0.3 is 0 Å². The maximum atomic E-state index is 12.3. The molecule has 22 heavy (non-hydrogen) atoms. The zero-order valence-corrected chi connectivity index (χ0v) is 14.1. The first-order valence-electron chi connectivity index (χ1n) is 7.82. The minimum absolute atomic E-state index is 0.183. The number of hydrogen-bond acceptors (Lipinski definition) is 5. The van der Waals surface area contributed by atoms with Crippen LogP contribution in [0.1, 0.15) is 31.7 Å². The molecule has 1 aliphatic carbocycles. The molecule has 6 heteroatoms. The summed E-state index contributed by atoms with van der Waals surface area (Å²) in [6, 6.07) is 3.85. The Morgan fingerprint density at radius 1 is 1.23 bits per heavy atom. The SMILES string of the molecule is O=C(c1cccs1)N1CCN(Cc2nc3c(s2)CCC3)CC1. The van der Waals surface area contributed by atoms with Crippen LogP contribution in [0.3, 0.4) is 0 Å². The second-order valence-electron chi connectivity index (χ2n) is 5.88. The molecule has 0 radical (unpaired) electrons. The third-order valence-electron chi connectivity index (χ3n) is 4.39. The van der Waals surface area contributed by atoms with Gasteiger partial charge in [0.2, 0.25) is 0 Å². The highest BCUT2D eigenvalue weighted by Crippen LogP contribution is 2.28. The van der Waals surface area contributed by atoms with Gasteiger partial charge < -0.3 is 4.90 Å². The molecule has 1 fully saturated rings. The van der Waals surface area contributed by atoms with Crippen LogP contribution in [0.15, 0.2) is 17.5 Å². The minimum atomic E-state index is 0.183. The Kier molecular flexibility index (Phi) is 3.98. The first-order chi connectivity index (χ1) is 10.8. The number of carbonyl (C=O) groups excluding carboxylic acids is 1. The molecule has 0 N–H and O–H groups in total. The molecule has 116 valence electrons. The van der Waals surface area contributed by atoms with Crippen molar-refractivity contribution in [3.05, 3.63) is 38.0 Å². The van der Waals surface area contributed by atoms with Crippen LogP contribution in [0, 0.1) is 0 Å². The predicted octanol–water partition coefficient (Wildman–Crippen LogP) is 2.65. The first-order valence-corrected chi connectivity index (χ1v) is 9.52. The standard InChI is InChI=1S/C16H19N3OS2/c20-16(14-5-2-10-21-14)19-8-6-18(7-9-19)11-15-17-12-3-1-4-13(12)22-15/h2,5,10H,1,3-4,6-9,11H2. The quantitative estimate of drug-likeness (QED) is 0.866. The highest BCUT2D eigenvalue weighted by Gasteiger charge is 2.24. The Bertz CT molecular complexity index is 635. The zero-order chi connectivity index (χ0) is 14.9. The molecular weight excluding hydrogens is 314 g/mol. The highest BCUT2D eigenvalue weighted by atomic mass is 32.1. The van der Waals surface area contributed by atoms with Crippen molar-refractivity contribution >= 4 is 28.6 Å². The lowest BCUT2D eigenvalue weighted by molar-refractivity contribution is 0.0633. The summed E-state index contributed by atoms with van der Waals surface area (Å²) < 4.78 is 0. The lowest BCUT2D eigenvalue weighted by Gasteiger charge is -2.34. The van der Waals surface area contributed by atoms with E-state index in [1.54, 1.807) is 0 Å². The first kappa shape index (κ1) is 14.4. The van der Waals surface area contributed by atoms with Crippen molar-refractivity contribution in [2.24, 2.45) is 0 Å². The minimum Gasteiger partial charge on any atom is -0.335 e. The number of hydrogen-bond donors (Lipinski definition) is 0. The van der Waals surface area contributed by atoms with Gasteiger partial charge in [0.05, 0.1) is 17.1 Å². The van der Waals surface area contributed by atoms with Crippen molar-refractivity contribution in [1.29, 1.82) is 0 Å². The van der Waals surface area contributed by atoms with Crippen LogP contribution >= 0.6 is 22.7 Å². The van der Waals surface area contributed by atoms with Crippen molar-refractivity contribution < 1.29 is 4.79 Å². The van der Waals surface area contributed by atoms with E-state index in [0.717, 1.165) is 44.0 Å². The molecule has 3 heterocycles. The van der Waals surface area contributed by atoms with Crippen molar-refractivity contribution in [2.45, 2.75) is 25.8 Å². The number of rotatable bonds is 3. The van der Waals surface area contributed by atoms with E-state index in [1.165, 1.54) is 39.8 Å². The summed E-state index contributed by atoms with van der Waals surface area (Å²) in [5, 5.41) is 3.22. The van der Waals surface area contributed by atoms with Crippen molar-refractivity contribution in [3.63, 3.8) is 0 Å². The van der Waals surface area contributed by atoms with Crippen molar-refractivity contribution in [3.8, 4) is 0 Å². The largest absolute Gasteiger partial charge is 0.335 e. The molecule has 2 aromatic heterocycles. The van der Waals surface area contributed by atoms with Gasteiger partial charge in [0.1, 0.15) is 5.01 Å². The molecule has 1 amide bonds. The Balaban J connectivity index is 1.32. The molecule has 0 atom stereocenters. The monoisotopic (exact) mass is 333 g/mol. The summed E-state index contributed by atoms with van der Waals surface area (Å²) in [6.45, 7) is 4.48. The number of piperazine rings is 1. The summed E-state index contributed by atoms with van der Waals surface area (Å²) in [6.07, 6.45) is 3.66. The molecule has 4 nitrogen and oxygen atoms in total. The maximum absolute atomic E-state index is 12.3. The van der Waals surface area contributed by atoms with E-state index in [-0.39, 0.29) is 5.91 Å². The number of aryl methyl sites for hydroxylation is 2. The van der Waals surface area contributed by atoms with E-state index < -0.39 is 0 Å². The van der Waals surface area contributed by atoms with Crippen LogP contribution in [0.5, 0.6) is 0 Å². The fourth-order valence-electron chi connectivity index (χ4n) is 3.17. The Hall–Kier alpha value is -1.24. The number of thiazole rings is 1. The molecule has 2 aliphatic rings. The maximum Gasteiger partial charge on any atom is 0.264 e. The molecule has 0 saturated carbocycles. The Labute approximate surface area is 138 Å². The van der Waals surface area contributed by atoms with Gasteiger partial charge in [-0.25, -0.2) is 4.98 Å². The van der Waals surface area contributed by atoms with Crippen molar-refractivity contribution in [2.75, 3.05) is 26.2 Å². The fraction of sp³-hybridized carbons (Fsp3) is 0.500. The van der Waals surface area contributed by atoms with E-state index >= 15 is 0 Å². The number of amides is 1. The predicted molar refractivity (Wildman–Crippen MR) is 89.6 cm³/mol. The van der Waals surface area contributed by atoms with Crippen molar-refractivity contribution in [1.82, 2.24) is 14.8 Å². The summed E-state index contributed by atoms with van der Waals surface area (Å²) in [5.41, 5.74) is 1.34. The van der Waals surface area contributed by atoms with Crippen LogP contribution < -0.4 is 0 Å². The molecule has 0 bridgehead atoms. The second-order valence-corrected chi connectivity index (χ2v) is 7.99. The van der Waals surface area contributed by atoms with Gasteiger partial charge in [-0.1, -0.05) is 6.07 Å². The normalized spacial score (nSPS) is 18.6. The summed E-state index contributed by atoms with van der Waals surface area (Å²) in [5.74, 6) is 0.183. The molecule has 1 saturated heterocycles. The van der Waals surface area contributed by atoms with E-state index in [1.807, 2.05) is 33.7 Å². The molecular formula is C16H19N3OS2. The number of carbonyl (C=O) groups is 1. The molecule has 1 aliphatic heterocycles. The van der Waals surface area contributed by atoms with E-state index in [0.29, 0.717) is 0 Å². The molecule has 0 spiro atoms. The van der Waals surface area contributed by atoms with Crippen LogP contribution in [0.4, 0.5) is 0 Å². The van der Waals surface area contributed by atoms with Gasteiger partial charge in [0.25, 0.3) is 5.91 Å². The lowest BCUT2D eigenvalue weighted by Crippen LogP contribution is -2.48. The third kappa shape index (κ3) is 2.83. The van der Waals surface area contributed by atoms with E-state index in [9.17, 15) is 4.79 Å². The average Bonchev–Trinajstić information content (AvgIpc) is 3.24. The number of fused-ring (bicyclic) bond motifs is 1. The smallest absolute Gasteiger partial charge is 0.264 e. The van der Waals surface area contributed by atoms with E-state index in [4.69, 9.17) is 4.98 Å². The highest BCUT2D eigenvalue weighted by molar-refractivity contribution is 7.12. The zero-order valence-electron chi connectivity index (χ0n) is 12.5. The van der Waals surface area contributed by atoms with Crippen LogP contribution in [-0.2, 0) is 19.4 Å². The van der Waals surface area contributed by atoms with Gasteiger partial charge in [-0.3, -0.25) is 9.69 Å². The molecule has 0 unspecified atom stereocenters. The van der Waals surface area contributed by atoms with Gasteiger partial charge in [-0.05, 0) is 30.7 Å². The number of aromatic nitrogens is 1. The third-order valence-corrected chi connectivity index (χ3v) is 6.39. The molecule has 4 rings (SSSR count). The topological polar surface area (TPSA) is 36.4 Å². The average molecular weight is 333 g/mol. The number of thiophene rings is 1. The van der Waals surface area contributed by atoms with Crippen LogP contribution in [-0.4, -0.2) is 46.9 Å². The summed E-state index contributed by atoms with van der Waals surface area (Å²) in [4.78, 5) is 23.9. The fourth-order valence-corrected chi connectivity index (χ4v) is 5.06. The Morgan fingerprint density at radius 3 is 2.82 bits per heavy atom. The van der Waals surface area contributed by atoms with Gasteiger partial charge in [-0.15, -0.1) is 22.7 Å². The van der Waals surface area contributed by atoms with Gasteiger partial charge in [0, 0.05) is 31.1 Å². The molecule has 0 aromatic carbocycles. The Morgan fingerprint density at radius 2 is 2.09 bits per heavy atom. The van der Waals surface area contributed by atoms with E-state index in [2.05, 4.69) is 4.90 Å². The van der Waals surface area contributed by atoms with Gasteiger partial charge in [0.15, 0.2) is 0 Å². The number of nitrogens with zero attached hydrogens (tertiary/aromatic N) is 3. The van der Waals surface area contributed by atoms with Crippen LogP contribution in [0.2, 0.25) is 0 Å². The summed E-state index contributed by atoms with van der Waals surface area (Å²) >= 11 is 3.42. The van der Waals surface area contributed by atoms with Crippen LogP contribution in [0.25, 0.3) is 0 Å². The summed E-state index contributed by atoms with van der Waals surface area (Å²) in [7, 11) is 0.